The Morgan fingerprint density at radius 3 is 3.06 bits per heavy atom. The van der Waals surface area contributed by atoms with E-state index < -0.39 is 0 Å². The van der Waals surface area contributed by atoms with Crippen molar-refractivity contribution in [1.82, 2.24) is 4.98 Å². The topological polar surface area (TPSA) is 51.4 Å². The summed E-state index contributed by atoms with van der Waals surface area (Å²) in [5.41, 5.74) is 6.87. The fourth-order valence-electron chi connectivity index (χ4n) is 2.31. The van der Waals surface area contributed by atoms with Gasteiger partial charge in [0, 0.05) is 42.5 Å². The van der Waals surface area contributed by atoms with Gasteiger partial charge in [-0.3, -0.25) is 0 Å². The van der Waals surface area contributed by atoms with Gasteiger partial charge in [0.15, 0.2) is 0 Å². The second kappa shape index (κ2) is 6.50. The standard InChI is InChI=1S/C13H20BrN3O/c1-2-17(9-12-4-3-5-18-12)13-10(7-15)6-11(14)8-16-13/h6,8,12H,2-5,7,9,15H2,1H3. The molecule has 0 aliphatic carbocycles. The van der Waals surface area contributed by atoms with Gasteiger partial charge in [0.2, 0.25) is 0 Å². The number of likely N-dealkylation sites (N-methyl/N-ethyl adjacent to an activating group) is 1. The van der Waals surface area contributed by atoms with Crippen LogP contribution in [0, 0.1) is 0 Å². The van der Waals surface area contributed by atoms with E-state index in [4.69, 9.17) is 10.5 Å². The largest absolute Gasteiger partial charge is 0.376 e. The van der Waals surface area contributed by atoms with Crippen molar-refractivity contribution in [2.24, 2.45) is 5.73 Å². The Balaban J connectivity index is 2.15. The van der Waals surface area contributed by atoms with Crippen LogP contribution in [0.4, 0.5) is 5.82 Å². The monoisotopic (exact) mass is 313 g/mol. The summed E-state index contributed by atoms with van der Waals surface area (Å²) in [5, 5.41) is 0. The third-order valence-electron chi connectivity index (χ3n) is 3.26. The molecule has 0 radical (unpaired) electrons. The molecule has 1 fully saturated rings. The molecule has 1 unspecified atom stereocenters. The highest BCUT2D eigenvalue weighted by Gasteiger charge is 2.20. The van der Waals surface area contributed by atoms with Gasteiger partial charge >= 0.3 is 0 Å². The zero-order valence-electron chi connectivity index (χ0n) is 10.7. The molecule has 18 heavy (non-hydrogen) atoms. The highest BCUT2D eigenvalue weighted by atomic mass is 79.9. The van der Waals surface area contributed by atoms with Crippen LogP contribution in [0.1, 0.15) is 25.3 Å². The summed E-state index contributed by atoms with van der Waals surface area (Å²) in [6.45, 7) is 5.35. The van der Waals surface area contributed by atoms with E-state index in [1.807, 2.05) is 12.3 Å². The molecule has 2 N–H and O–H groups in total. The molecule has 5 heteroatoms. The van der Waals surface area contributed by atoms with Gasteiger partial charge in [-0.2, -0.15) is 0 Å². The summed E-state index contributed by atoms with van der Waals surface area (Å²) in [6.07, 6.45) is 4.47. The molecule has 0 saturated carbocycles. The average Bonchev–Trinajstić information content (AvgIpc) is 2.89. The van der Waals surface area contributed by atoms with Crippen molar-refractivity contribution >= 4 is 21.7 Å². The summed E-state index contributed by atoms with van der Waals surface area (Å²) in [5.74, 6) is 0.985. The lowest BCUT2D eigenvalue weighted by Gasteiger charge is -2.26. The number of aromatic nitrogens is 1. The Labute approximate surface area is 117 Å². The first-order chi connectivity index (χ1) is 8.74. The van der Waals surface area contributed by atoms with E-state index in [9.17, 15) is 0 Å². The van der Waals surface area contributed by atoms with Crippen molar-refractivity contribution in [3.63, 3.8) is 0 Å². The molecule has 2 heterocycles. The van der Waals surface area contributed by atoms with Crippen LogP contribution in [0.3, 0.4) is 0 Å². The number of pyridine rings is 1. The summed E-state index contributed by atoms with van der Waals surface area (Å²) < 4.78 is 6.67. The first kappa shape index (κ1) is 13.8. The highest BCUT2D eigenvalue weighted by molar-refractivity contribution is 9.10. The number of hydrogen-bond donors (Lipinski definition) is 1. The van der Waals surface area contributed by atoms with Gasteiger partial charge < -0.3 is 15.4 Å². The van der Waals surface area contributed by atoms with Crippen molar-refractivity contribution in [3.05, 3.63) is 22.3 Å². The zero-order chi connectivity index (χ0) is 13.0. The molecule has 100 valence electrons. The summed E-state index contributed by atoms with van der Waals surface area (Å²) in [6, 6.07) is 2.04. The minimum atomic E-state index is 0.334. The quantitative estimate of drug-likeness (QED) is 0.906. The Morgan fingerprint density at radius 2 is 2.44 bits per heavy atom. The van der Waals surface area contributed by atoms with Crippen molar-refractivity contribution in [2.45, 2.75) is 32.4 Å². The maximum absolute atomic E-state index is 5.80. The van der Waals surface area contributed by atoms with Crippen LogP contribution in [0.25, 0.3) is 0 Å². The molecule has 0 aromatic carbocycles. The lowest BCUT2D eigenvalue weighted by molar-refractivity contribution is 0.115. The van der Waals surface area contributed by atoms with Crippen molar-refractivity contribution in [3.8, 4) is 0 Å². The minimum Gasteiger partial charge on any atom is -0.376 e. The van der Waals surface area contributed by atoms with Crippen molar-refractivity contribution in [1.29, 1.82) is 0 Å². The first-order valence-corrected chi connectivity index (χ1v) is 7.25. The Kier molecular flexibility index (Phi) is 4.97. The van der Waals surface area contributed by atoms with E-state index in [1.54, 1.807) is 0 Å². The Morgan fingerprint density at radius 1 is 1.61 bits per heavy atom. The van der Waals surface area contributed by atoms with Crippen LogP contribution in [0.5, 0.6) is 0 Å². The molecule has 4 nitrogen and oxygen atoms in total. The molecule has 0 bridgehead atoms. The highest BCUT2D eigenvalue weighted by Crippen LogP contribution is 2.23. The Hall–Kier alpha value is -0.650. The number of anilines is 1. The number of nitrogens with two attached hydrogens (primary N) is 1. The van der Waals surface area contributed by atoms with E-state index in [0.717, 1.165) is 42.0 Å². The van der Waals surface area contributed by atoms with Gasteiger partial charge in [-0.05, 0) is 41.8 Å². The normalized spacial score (nSPS) is 19.2. The molecular formula is C13H20BrN3O. The van der Waals surface area contributed by atoms with Gasteiger partial charge in [-0.15, -0.1) is 0 Å². The summed E-state index contributed by atoms with van der Waals surface area (Å²) >= 11 is 3.44. The molecule has 1 saturated heterocycles. The molecule has 0 amide bonds. The van der Waals surface area contributed by atoms with Gasteiger partial charge in [0.05, 0.1) is 6.10 Å². The van der Waals surface area contributed by atoms with Crippen molar-refractivity contribution < 1.29 is 4.74 Å². The molecular weight excluding hydrogens is 294 g/mol. The molecule has 1 atom stereocenters. The maximum Gasteiger partial charge on any atom is 0.133 e. The van der Waals surface area contributed by atoms with Crippen LogP contribution in [0.2, 0.25) is 0 Å². The molecule has 1 aromatic rings. The minimum absolute atomic E-state index is 0.334. The third-order valence-corrected chi connectivity index (χ3v) is 3.69. The maximum atomic E-state index is 5.80. The average molecular weight is 314 g/mol. The van der Waals surface area contributed by atoms with Gasteiger partial charge in [0.1, 0.15) is 5.82 Å². The van der Waals surface area contributed by atoms with Crippen LogP contribution in [0.15, 0.2) is 16.7 Å². The third kappa shape index (κ3) is 3.22. The second-order valence-electron chi connectivity index (χ2n) is 4.51. The summed E-state index contributed by atoms with van der Waals surface area (Å²) in [4.78, 5) is 6.76. The lowest BCUT2D eigenvalue weighted by Crippen LogP contribution is -2.33. The fraction of sp³-hybridized carbons (Fsp3) is 0.615. The van der Waals surface area contributed by atoms with Crippen LogP contribution >= 0.6 is 15.9 Å². The molecule has 1 aliphatic rings. The second-order valence-corrected chi connectivity index (χ2v) is 5.43. The predicted octanol–water partition coefficient (Wildman–Crippen LogP) is 2.31. The predicted molar refractivity (Wildman–Crippen MR) is 76.7 cm³/mol. The number of halogens is 1. The number of rotatable bonds is 5. The molecule has 1 aromatic heterocycles. The van der Waals surface area contributed by atoms with E-state index >= 15 is 0 Å². The van der Waals surface area contributed by atoms with E-state index in [1.165, 1.54) is 6.42 Å². The van der Waals surface area contributed by atoms with Gasteiger partial charge in [-0.1, -0.05) is 0 Å². The van der Waals surface area contributed by atoms with E-state index in [2.05, 4.69) is 32.7 Å². The molecule has 1 aliphatic heterocycles. The van der Waals surface area contributed by atoms with Gasteiger partial charge in [-0.25, -0.2) is 4.98 Å². The smallest absolute Gasteiger partial charge is 0.133 e. The van der Waals surface area contributed by atoms with Crippen molar-refractivity contribution in [2.75, 3.05) is 24.6 Å². The van der Waals surface area contributed by atoms with Crippen LogP contribution < -0.4 is 10.6 Å². The van der Waals surface area contributed by atoms with E-state index in [0.29, 0.717) is 12.6 Å². The Bertz CT molecular complexity index is 394. The lowest BCUT2D eigenvalue weighted by atomic mass is 10.2. The SMILES string of the molecule is CCN(CC1CCCO1)c1ncc(Br)cc1CN. The number of ether oxygens (including phenoxy) is 1. The number of hydrogen-bond acceptors (Lipinski definition) is 4. The van der Waals surface area contributed by atoms with Crippen LogP contribution in [-0.4, -0.2) is 30.8 Å². The zero-order valence-corrected chi connectivity index (χ0v) is 12.3. The molecule has 0 spiro atoms. The summed E-state index contributed by atoms with van der Waals surface area (Å²) in [7, 11) is 0. The first-order valence-electron chi connectivity index (χ1n) is 6.45. The molecule has 2 rings (SSSR count). The van der Waals surface area contributed by atoms with Gasteiger partial charge in [0.25, 0.3) is 0 Å². The number of nitrogens with zero attached hydrogens (tertiary/aromatic N) is 2. The van der Waals surface area contributed by atoms with Crippen LogP contribution in [-0.2, 0) is 11.3 Å². The van der Waals surface area contributed by atoms with E-state index in [-0.39, 0.29) is 0 Å². The fourth-order valence-corrected chi connectivity index (χ4v) is 2.69.